The van der Waals surface area contributed by atoms with Gasteiger partial charge >= 0.3 is 0 Å². The maximum atomic E-state index is 8.93. The SMILES string of the molecule is N#Cc1ccc2[nH]c(=S)n(-c3ccsc3)c2c1. The molecule has 0 fully saturated rings. The third-order valence-corrected chi connectivity index (χ3v) is 3.53. The van der Waals surface area contributed by atoms with Crippen LogP contribution in [0.1, 0.15) is 5.56 Å². The van der Waals surface area contributed by atoms with Crippen LogP contribution in [0.5, 0.6) is 0 Å². The van der Waals surface area contributed by atoms with Crippen LogP contribution in [0.3, 0.4) is 0 Å². The summed E-state index contributed by atoms with van der Waals surface area (Å²) < 4.78 is 2.59. The van der Waals surface area contributed by atoms with E-state index < -0.39 is 0 Å². The summed E-state index contributed by atoms with van der Waals surface area (Å²) in [5.41, 5.74) is 3.55. The van der Waals surface area contributed by atoms with E-state index in [4.69, 9.17) is 17.5 Å². The number of fused-ring (bicyclic) bond motifs is 1. The second kappa shape index (κ2) is 3.84. The maximum Gasteiger partial charge on any atom is 0.182 e. The molecule has 3 aromatic rings. The van der Waals surface area contributed by atoms with Gasteiger partial charge in [0, 0.05) is 5.38 Å². The number of rotatable bonds is 1. The van der Waals surface area contributed by atoms with E-state index in [2.05, 4.69) is 11.1 Å². The number of aromatic nitrogens is 2. The van der Waals surface area contributed by atoms with Crippen LogP contribution < -0.4 is 0 Å². The minimum atomic E-state index is 0.635. The number of thiophene rings is 1. The molecule has 17 heavy (non-hydrogen) atoms. The van der Waals surface area contributed by atoms with Crippen LogP contribution in [-0.2, 0) is 0 Å². The number of nitriles is 1. The third-order valence-electron chi connectivity index (χ3n) is 2.58. The van der Waals surface area contributed by atoms with Crippen LogP contribution in [-0.4, -0.2) is 9.55 Å². The Hall–Kier alpha value is -1.90. The molecule has 0 aliphatic carbocycles. The van der Waals surface area contributed by atoms with Crippen LogP contribution in [0.15, 0.2) is 35.0 Å². The summed E-state index contributed by atoms with van der Waals surface area (Å²) >= 11 is 6.93. The van der Waals surface area contributed by atoms with Crippen molar-refractivity contribution in [2.45, 2.75) is 0 Å². The molecule has 2 heterocycles. The van der Waals surface area contributed by atoms with Gasteiger partial charge in [-0.1, -0.05) is 0 Å². The quantitative estimate of drug-likeness (QED) is 0.677. The number of aromatic amines is 1. The van der Waals surface area contributed by atoms with Gasteiger partial charge in [-0.3, -0.25) is 4.57 Å². The van der Waals surface area contributed by atoms with Crippen LogP contribution in [0.2, 0.25) is 0 Å². The molecule has 0 saturated carbocycles. The van der Waals surface area contributed by atoms with Crippen LogP contribution in [0.25, 0.3) is 16.7 Å². The predicted octanol–water partition coefficient (Wildman–Crippen LogP) is 3.62. The van der Waals surface area contributed by atoms with E-state index in [9.17, 15) is 0 Å². The minimum absolute atomic E-state index is 0.635. The van der Waals surface area contributed by atoms with Gasteiger partial charge in [0.2, 0.25) is 0 Å². The maximum absolute atomic E-state index is 8.93. The Morgan fingerprint density at radius 1 is 1.35 bits per heavy atom. The third kappa shape index (κ3) is 1.58. The molecule has 1 aromatic carbocycles. The molecule has 1 N–H and O–H groups in total. The summed E-state index contributed by atoms with van der Waals surface area (Å²) in [6.07, 6.45) is 0. The van der Waals surface area contributed by atoms with Crippen molar-refractivity contribution in [3.63, 3.8) is 0 Å². The highest BCUT2D eigenvalue weighted by Gasteiger charge is 2.07. The van der Waals surface area contributed by atoms with Crippen molar-refractivity contribution in [1.29, 1.82) is 5.26 Å². The lowest BCUT2D eigenvalue weighted by atomic mass is 10.2. The summed E-state index contributed by atoms with van der Waals surface area (Å²) in [5, 5.41) is 13.0. The Balaban J connectivity index is 2.41. The van der Waals surface area contributed by atoms with E-state index in [0.717, 1.165) is 16.7 Å². The number of nitrogens with one attached hydrogen (secondary N) is 1. The van der Waals surface area contributed by atoms with Gasteiger partial charge in [0.15, 0.2) is 4.77 Å². The fraction of sp³-hybridized carbons (Fsp3) is 0. The van der Waals surface area contributed by atoms with Gasteiger partial charge in [-0.25, -0.2) is 0 Å². The predicted molar refractivity (Wildman–Crippen MR) is 71.1 cm³/mol. The minimum Gasteiger partial charge on any atom is -0.330 e. The van der Waals surface area contributed by atoms with Crippen molar-refractivity contribution in [2.75, 3.05) is 0 Å². The average Bonchev–Trinajstić information content (AvgIpc) is 2.93. The number of H-pyrrole nitrogens is 1. The van der Waals surface area contributed by atoms with Crippen molar-refractivity contribution < 1.29 is 0 Å². The van der Waals surface area contributed by atoms with E-state index in [1.54, 1.807) is 17.4 Å². The normalized spacial score (nSPS) is 10.5. The van der Waals surface area contributed by atoms with Crippen LogP contribution >= 0.6 is 23.6 Å². The molecule has 82 valence electrons. The number of benzene rings is 1. The average molecular weight is 257 g/mol. The summed E-state index contributed by atoms with van der Waals surface area (Å²) in [4.78, 5) is 3.14. The van der Waals surface area contributed by atoms with E-state index in [1.807, 2.05) is 33.5 Å². The van der Waals surface area contributed by atoms with Crippen LogP contribution in [0, 0.1) is 16.1 Å². The number of imidazole rings is 1. The highest BCUT2D eigenvalue weighted by Crippen LogP contribution is 2.22. The summed E-state index contributed by atoms with van der Waals surface area (Å²) in [6.45, 7) is 0. The van der Waals surface area contributed by atoms with Gasteiger partial charge in [0.1, 0.15) is 0 Å². The molecule has 0 bridgehead atoms. The lowest BCUT2D eigenvalue weighted by Crippen LogP contribution is -1.91. The molecule has 2 aromatic heterocycles. The van der Waals surface area contributed by atoms with Crippen molar-refractivity contribution in [3.05, 3.63) is 45.4 Å². The summed E-state index contributed by atoms with van der Waals surface area (Å²) in [6, 6.07) is 9.66. The van der Waals surface area contributed by atoms with E-state index in [-0.39, 0.29) is 0 Å². The van der Waals surface area contributed by atoms with Crippen molar-refractivity contribution >= 4 is 34.6 Å². The first-order valence-electron chi connectivity index (χ1n) is 4.97. The van der Waals surface area contributed by atoms with Gasteiger partial charge in [-0.15, -0.1) is 0 Å². The van der Waals surface area contributed by atoms with E-state index in [1.165, 1.54) is 0 Å². The van der Waals surface area contributed by atoms with Crippen molar-refractivity contribution in [2.24, 2.45) is 0 Å². The Bertz CT molecular complexity index is 772. The van der Waals surface area contributed by atoms with Crippen molar-refractivity contribution in [1.82, 2.24) is 9.55 Å². The lowest BCUT2D eigenvalue weighted by molar-refractivity contribution is 1.07. The fourth-order valence-electron chi connectivity index (χ4n) is 1.81. The van der Waals surface area contributed by atoms with Crippen molar-refractivity contribution in [3.8, 4) is 11.8 Å². The second-order valence-electron chi connectivity index (χ2n) is 3.59. The molecule has 0 radical (unpaired) electrons. The Morgan fingerprint density at radius 3 is 2.94 bits per heavy atom. The zero-order valence-corrected chi connectivity index (χ0v) is 10.3. The monoisotopic (exact) mass is 257 g/mol. The van der Waals surface area contributed by atoms with E-state index in [0.29, 0.717) is 10.3 Å². The lowest BCUT2D eigenvalue weighted by Gasteiger charge is -2.00. The molecule has 3 rings (SSSR count). The molecule has 3 nitrogen and oxygen atoms in total. The second-order valence-corrected chi connectivity index (χ2v) is 4.76. The van der Waals surface area contributed by atoms with Gasteiger partial charge in [-0.2, -0.15) is 16.6 Å². The zero-order valence-electron chi connectivity index (χ0n) is 8.68. The molecule has 0 unspecified atom stereocenters. The van der Waals surface area contributed by atoms with Crippen LogP contribution in [0.4, 0.5) is 0 Å². The number of hydrogen-bond acceptors (Lipinski definition) is 3. The number of nitrogens with zero attached hydrogens (tertiary/aromatic N) is 2. The van der Waals surface area contributed by atoms with E-state index >= 15 is 0 Å². The largest absolute Gasteiger partial charge is 0.330 e. The molecule has 0 aliphatic heterocycles. The zero-order chi connectivity index (χ0) is 11.8. The summed E-state index contributed by atoms with van der Waals surface area (Å²) in [7, 11) is 0. The molecule has 0 spiro atoms. The molecule has 0 saturated heterocycles. The molecule has 0 amide bonds. The van der Waals surface area contributed by atoms with Gasteiger partial charge in [-0.05, 0) is 41.9 Å². The van der Waals surface area contributed by atoms with Gasteiger partial charge in [0.05, 0.1) is 28.4 Å². The smallest absolute Gasteiger partial charge is 0.182 e. The van der Waals surface area contributed by atoms with Gasteiger partial charge < -0.3 is 4.98 Å². The highest BCUT2D eigenvalue weighted by atomic mass is 32.1. The Kier molecular flexibility index (Phi) is 2.32. The van der Waals surface area contributed by atoms with Gasteiger partial charge in [0.25, 0.3) is 0 Å². The first kappa shape index (κ1) is 10.3. The molecule has 5 heteroatoms. The standard InChI is InChI=1S/C12H7N3S2/c13-6-8-1-2-10-11(5-8)15(12(16)14-10)9-3-4-17-7-9/h1-5,7H,(H,14,16). The topological polar surface area (TPSA) is 44.5 Å². The first-order valence-corrected chi connectivity index (χ1v) is 6.32. The molecule has 0 aliphatic rings. The summed E-state index contributed by atoms with van der Waals surface area (Å²) in [5.74, 6) is 0. The highest BCUT2D eigenvalue weighted by molar-refractivity contribution is 7.71. The molecular formula is C12H7N3S2. The fourth-order valence-corrected chi connectivity index (χ4v) is 2.75. The molecular weight excluding hydrogens is 250 g/mol. The number of hydrogen-bond donors (Lipinski definition) is 1. The Labute approximate surface area is 107 Å². The first-order chi connectivity index (χ1) is 8.29. The Morgan fingerprint density at radius 2 is 2.24 bits per heavy atom. The molecule has 0 atom stereocenters.